The predicted molar refractivity (Wildman–Crippen MR) is 91.6 cm³/mol. The molecule has 0 atom stereocenters. The molecule has 0 aliphatic carbocycles. The van der Waals surface area contributed by atoms with Crippen LogP contribution in [0.25, 0.3) is 0 Å². The maximum Gasteiger partial charge on any atom is 0.226 e. The lowest BCUT2D eigenvalue weighted by molar-refractivity contribution is -0.118. The second-order valence-corrected chi connectivity index (χ2v) is 5.76. The number of nitriles is 1. The van der Waals surface area contributed by atoms with Gasteiger partial charge in [0.15, 0.2) is 0 Å². The summed E-state index contributed by atoms with van der Waals surface area (Å²) >= 11 is 0. The molecule has 0 spiro atoms. The zero-order valence-corrected chi connectivity index (χ0v) is 13.5. The van der Waals surface area contributed by atoms with Gasteiger partial charge >= 0.3 is 0 Å². The van der Waals surface area contributed by atoms with Crippen LogP contribution in [0.4, 0.5) is 5.69 Å². The van der Waals surface area contributed by atoms with E-state index in [2.05, 4.69) is 16.7 Å². The molecule has 2 N–H and O–H groups in total. The number of carbonyl (C=O) groups is 1. The second kappa shape index (κ2) is 8.11. The normalized spacial score (nSPS) is 10.3. The average molecular weight is 307 g/mol. The summed E-state index contributed by atoms with van der Waals surface area (Å²) in [5, 5.41) is 15.1. The van der Waals surface area contributed by atoms with E-state index in [4.69, 9.17) is 5.26 Å². The highest BCUT2D eigenvalue weighted by Crippen LogP contribution is 2.11. The maximum atomic E-state index is 11.6. The van der Waals surface area contributed by atoms with E-state index in [9.17, 15) is 4.79 Å². The fourth-order valence-electron chi connectivity index (χ4n) is 2.09. The van der Waals surface area contributed by atoms with Crippen molar-refractivity contribution in [1.82, 2.24) is 5.32 Å². The number of carbonyl (C=O) groups excluding carboxylic acids is 1. The van der Waals surface area contributed by atoms with Gasteiger partial charge in [-0.25, -0.2) is 0 Å². The zero-order valence-electron chi connectivity index (χ0n) is 13.5. The first-order valence-corrected chi connectivity index (χ1v) is 7.68. The number of hydrogen-bond acceptors (Lipinski definition) is 3. The van der Waals surface area contributed by atoms with Gasteiger partial charge in [-0.15, -0.1) is 0 Å². The number of amides is 1. The second-order valence-electron chi connectivity index (χ2n) is 5.76. The Morgan fingerprint density at radius 3 is 2.43 bits per heavy atom. The summed E-state index contributed by atoms with van der Waals surface area (Å²) < 4.78 is 0. The smallest absolute Gasteiger partial charge is 0.226 e. The van der Waals surface area contributed by atoms with Gasteiger partial charge in [-0.3, -0.25) is 4.79 Å². The van der Waals surface area contributed by atoms with Crippen LogP contribution in [0.3, 0.4) is 0 Å². The van der Waals surface area contributed by atoms with Crippen LogP contribution < -0.4 is 10.6 Å². The van der Waals surface area contributed by atoms with Crippen LogP contribution in [0.5, 0.6) is 0 Å². The van der Waals surface area contributed by atoms with E-state index >= 15 is 0 Å². The van der Waals surface area contributed by atoms with Gasteiger partial charge in [0, 0.05) is 24.7 Å². The van der Waals surface area contributed by atoms with Crippen molar-refractivity contribution in [2.45, 2.75) is 26.9 Å². The topological polar surface area (TPSA) is 64.9 Å². The monoisotopic (exact) mass is 307 g/mol. The number of hydrogen-bond donors (Lipinski definition) is 2. The Balaban J connectivity index is 1.84. The van der Waals surface area contributed by atoms with Gasteiger partial charge in [-0.2, -0.15) is 5.26 Å². The Hall–Kier alpha value is -2.64. The standard InChI is InChI=1S/C19H21N3O/c1-14(2)19(23)22-18-8-6-15(7-9-18)12-21-13-17-5-3-4-16(10-17)11-20/h3-10,14,21H,12-13H2,1-2H3,(H,22,23). The first-order valence-electron chi connectivity index (χ1n) is 7.68. The minimum Gasteiger partial charge on any atom is -0.326 e. The summed E-state index contributed by atoms with van der Waals surface area (Å²) in [5.41, 5.74) is 3.72. The van der Waals surface area contributed by atoms with Crippen LogP contribution in [0.15, 0.2) is 48.5 Å². The van der Waals surface area contributed by atoms with Crippen LogP contribution in [-0.2, 0) is 17.9 Å². The number of benzene rings is 2. The van der Waals surface area contributed by atoms with Gasteiger partial charge in [0.25, 0.3) is 0 Å². The fourth-order valence-corrected chi connectivity index (χ4v) is 2.09. The maximum absolute atomic E-state index is 11.6. The van der Waals surface area contributed by atoms with E-state index in [1.54, 1.807) is 6.07 Å². The molecule has 0 bridgehead atoms. The Morgan fingerprint density at radius 2 is 1.78 bits per heavy atom. The number of anilines is 1. The van der Waals surface area contributed by atoms with Crippen molar-refractivity contribution < 1.29 is 4.79 Å². The molecule has 0 radical (unpaired) electrons. The lowest BCUT2D eigenvalue weighted by Gasteiger charge is -2.09. The van der Waals surface area contributed by atoms with E-state index in [0.717, 1.165) is 23.4 Å². The molecule has 2 rings (SSSR count). The molecule has 4 heteroatoms. The van der Waals surface area contributed by atoms with Gasteiger partial charge in [-0.1, -0.05) is 38.1 Å². The van der Waals surface area contributed by atoms with Gasteiger partial charge in [0.2, 0.25) is 5.91 Å². The van der Waals surface area contributed by atoms with E-state index in [0.29, 0.717) is 12.1 Å². The molecule has 0 aliphatic rings. The van der Waals surface area contributed by atoms with Gasteiger partial charge in [-0.05, 0) is 35.4 Å². The quantitative estimate of drug-likeness (QED) is 0.859. The SMILES string of the molecule is CC(C)C(=O)Nc1ccc(CNCc2cccc(C#N)c2)cc1. The highest BCUT2D eigenvalue weighted by atomic mass is 16.1. The summed E-state index contributed by atoms with van der Waals surface area (Å²) in [5.74, 6) is -0.00577. The molecule has 0 aliphatic heterocycles. The highest BCUT2D eigenvalue weighted by molar-refractivity contribution is 5.92. The molecular formula is C19H21N3O. The zero-order chi connectivity index (χ0) is 16.7. The number of nitrogens with one attached hydrogen (secondary N) is 2. The summed E-state index contributed by atoms with van der Waals surface area (Å²) in [7, 11) is 0. The predicted octanol–water partition coefficient (Wildman–Crippen LogP) is 3.44. The molecule has 0 aromatic heterocycles. The lowest BCUT2D eigenvalue weighted by Crippen LogP contribution is -2.17. The van der Waals surface area contributed by atoms with E-state index in [-0.39, 0.29) is 11.8 Å². The summed E-state index contributed by atoms with van der Waals surface area (Å²) in [6, 6.07) is 17.5. The van der Waals surface area contributed by atoms with Crippen LogP contribution in [0, 0.1) is 17.2 Å². The largest absolute Gasteiger partial charge is 0.326 e. The Kier molecular flexibility index (Phi) is 5.90. The third-order valence-electron chi connectivity index (χ3n) is 3.46. The molecule has 0 fully saturated rings. The molecule has 0 saturated heterocycles. The van der Waals surface area contributed by atoms with Crippen LogP contribution in [0.2, 0.25) is 0 Å². The Bertz CT molecular complexity index is 699. The lowest BCUT2D eigenvalue weighted by atomic mass is 10.1. The molecule has 118 valence electrons. The van der Waals surface area contributed by atoms with E-state index in [1.807, 2.05) is 56.3 Å². The van der Waals surface area contributed by atoms with Gasteiger partial charge < -0.3 is 10.6 Å². The van der Waals surface area contributed by atoms with Crippen molar-refractivity contribution in [3.05, 3.63) is 65.2 Å². The molecule has 1 amide bonds. The average Bonchev–Trinajstić information content (AvgIpc) is 2.56. The van der Waals surface area contributed by atoms with E-state index in [1.165, 1.54) is 0 Å². The van der Waals surface area contributed by atoms with Crippen LogP contribution >= 0.6 is 0 Å². The molecule has 2 aromatic carbocycles. The molecule has 2 aromatic rings. The molecule has 0 heterocycles. The highest BCUT2D eigenvalue weighted by Gasteiger charge is 2.06. The Morgan fingerprint density at radius 1 is 1.09 bits per heavy atom. The van der Waals surface area contributed by atoms with Crippen LogP contribution in [0.1, 0.15) is 30.5 Å². The first-order chi connectivity index (χ1) is 11.1. The molecule has 23 heavy (non-hydrogen) atoms. The molecule has 0 unspecified atom stereocenters. The van der Waals surface area contributed by atoms with Crippen molar-refractivity contribution in [2.24, 2.45) is 5.92 Å². The third kappa shape index (κ3) is 5.24. The molecular weight excluding hydrogens is 286 g/mol. The summed E-state index contributed by atoms with van der Waals surface area (Å²) in [4.78, 5) is 11.6. The van der Waals surface area contributed by atoms with Crippen molar-refractivity contribution in [3.63, 3.8) is 0 Å². The molecule has 0 saturated carbocycles. The van der Waals surface area contributed by atoms with Crippen molar-refractivity contribution >= 4 is 11.6 Å². The fraction of sp³-hybridized carbons (Fsp3) is 0.263. The van der Waals surface area contributed by atoms with Crippen molar-refractivity contribution in [1.29, 1.82) is 5.26 Å². The summed E-state index contributed by atoms with van der Waals surface area (Å²) in [6.07, 6.45) is 0. The third-order valence-corrected chi connectivity index (χ3v) is 3.46. The van der Waals surface area contributed by atoms with Crippen molar-refractivity contribution in [2.75, 3.05) is 5.32 Å². The number of rotatable bonds is 6. The van der Waals surface area contributed by atoms with E-state index < -0.39 is 0 Å². The Labute approximate surface area is 137 Å². The van der Waals surface area contributed by atoms with Crippen molar-refractivity contribution in [3.8, 4) is 6.07 Å². The van der Waals surface area contributed by atoms with Gasteiger partial charge in [0.05, 0.1) is 11.6 Å². The van der Waals surface area contributed by atoms with Gasteiger partial charge in [0.1, 0.15) is 0 Å². The summed E-state index contributed by atoms with van der Waals surface area (Å²) in [6.45, 7) is 5.18. The molecule has 4 nitrogen and oxygen atoms in total. The minimum atomic E-state index is -0.0273. The minimum absolute atomic E-state index is 0.0215. The van der Waals surface area contributed by atoms with Crippen LogP contribution in [-0.4, -0.2) is 5.91 Å². The number of nitrogens with zero attached hydrogens (tertiary/aromatic N) is 1. The first kappa shape index (κ1) is 16.7.